The Balaban J connectivity index is 1.55. The Hall–Kier alpha value is -2.67. The van der Waals surface area contributed by atoms with Gasteiger partial charge in [-0.2, -0.15) is 0 Å². The zero-order valence-electron chi connectivity index (χ0n) is 12.7. The number of hydrogen-bond donors (Lipinski definition) is 0. The molecule has 24 heavy (non-hydrogen) atoms. The van der Waals surface area contributed by atoms with Gasteiger partial charge in [-0.25, -0.2) is 0 Å². The van der Waals surface area contributed by atoms with Crippen molar-refractivity contribution in [1.29, 1.82) is 0 Å². The normalized spacial score (nSPS) is 13.2. The highest BCUT2D eigenvalue weighted by Crippen LogP contribution is 2.25. The highest BCUT2D eigenvalue weighted by atomic mass is 32.2. The predicted octanol–water partition coefficient (Wildman–Crippen LogP) is 3.37. The summed E-state index contributed by atoms with van der Waals surface area (Å²) in [5.74, 6) is 0.154. The minimum atomic E-state index is -0.428. The second kappa shape index (κ2) is 6.84. The smallest absolute Gasteiger partial charge is 0.270 e. The number of carbonyl (C=O) groups excluding carboxylic acids is 2. The van der Waals surface area contributed by atoms with E-state index < -0.39 is 4.92 Å². The van der Waals surface area contributed by atoms with E-state index in [9.17, 15) is 19.7 Å². The van der Waals surface area contributed by atoms with Crippen molar-refractivity contribution in [2.24, 2.45) is 0 Å². The lowest BCUT2D eigenvalue weighted by molar-refractivity contribution is -0.385. The van der Waals surface area contributed by atoms with Crippen LogP contribution in [0, 0.1) is 10.1 Å². The SMILES string of the molecule is O=C1c2ccccc2C(=O)N1CCCSc1cccc([N+](=O)[O-])c1. The Morgan fingerprint density at radius 3 is 2.29 bits per heavy atom. The lowest BCUT2D eigenvalue weighted by Crippen LogP contribution is -2.30. The van der Waals surface area contributed by atoms with Gasteiger partial charge < -0.3 is 0 Å². The number of nitrogens with zero attached hydrogens (tertiary/aromatic N) is 2. The molecule has 0 unspecified atom stereocenters. The van der Waals surface area contributed by atoms with Crippen molar-refractivity contribution < 1.29 is 14.5 Å². The number of nitro benzene ring substituents is 1. The van der Waals surface area contributed by atoms with Gasteiger partial charge in [0.15, 0.2) is 0 Å². The summed E-state index contributed by atoms with van der Waals surface area (Å²) < 4.78 is 0. The van der Waals surface area contributed by atoms with E-state index in [2.05, 4.69) is 0 Å². The average Bonchev–Trinajstić information content (AvgIpc) is 2.84. The molecule has 2 aromatic carbocycles. The molecule has 1 aliphatic rings. The second-order valence-corrected chi connectivity index (χ2v) is 6.43. The number of rotatable bonds is 6. The first-order chi connectivity index (χ1) is 11.6. The van der Waals surface area contributed by atoms with Crippen LogP contribution in [0.25, 0.3) is 0 Å². The van der Waals surface area contributed by atoms with Crippen LogP contribution in [0.3, 0.4) is 0 Å². The van der Waals surface area contributed by atoms with Crippen molar-refractivity contribution in [3.8, 4) is 0 Å². The molecule has 2 amide bonds. The fourth-order valence-electron chi connectivity index (χ4n) is 2.54. The molecule has 3 rings (SSSR count). The lowest BCUT2D eigenvalue weighted by Gasteiger charge is -2.13. The summed E-state index contributed by atoms with van der Waals surface area (Å²) in [6, 6.07) is 13.2. The van der Waals surface area contributed by atoms with Crippen LogP contribution in [0.1, 0.15) is 27.1 Å². The van der Waals surface area contributed by atoms with E-state index in [1.165, 1.54) is 28.8 Å². The first-order valence-corrected chi connectivity index (χ1v) is 8.39. The van der Waals surface area contributed by atoms with Crippen LogP contribution in [-0.4, -0.2) is 33.9 Å². The molecule has 0 aliphatic carbocycles. The molecular formula is C17H14N2O4S. The molecule has 0 radical (unpaired) electrons. The van der Waals surface area contributed by atoms with E-state index in [1.54, 1.807) is 36.4 Å². The topological polar surface area (TPSA) is 80.5 Å². The van der Waals surface area contributed by atoms with Crippen LogP contribution in [-0.2, 0) is 0 Å². The Bertz CT molecular complexity index is 787. The Kier molecular flexibility index (Phi) is 4.61. The van der Waals surface area contributed by atoms with E-state index in [-0.39, 0.29) is 17.5 Å². The maximum absolute atomic E-state index is 12.2. The van der Waals surface area contributed by atoms with Crippen molar-refractivity contribution in [3.05, 3.63) is 69.8 Å². The molecule has 0 N–H and O–H groups in total. The van der Waals surface area contributed by atoms with Crippen molar-refractivity contribution in [2.75, 3.05) is 12.3 Å². The second-order valence-electron chi connectivity index (χ2n) is 5.26. The van der Waals surface area contributed by atoms with Crippen LogP contribution in [0.15, 0.2) is 53.4 Å². The molecule has 1 aliphatic heterocycles. The van der Waals surface area contributed by atoms with Gasteiger partial charge in [0.1, 0.15) is 0 Å². The number of nitro groups is 1. The maximum Gasteiger partial charge on any atom is 0.270 e. The first kappa shape index (κ1) is 16.2. The highest BCUT2D eigenvalue weighted by Gasteiger charge is 2.34. The minimum absolute atomic E-state index is 0.0559. The van der Waals surface area contributed by atoms with Gasteiger partial charge in [0.05, 0.1) is 16.1 Å². The monoisotopic (exact) mass is 342 g/mol. The van der Waals surface area contributed by atoms with Crippen LogP contribution in [0.2, 0.25) is 0 Å². The number of hydrogen-bond acceptors (Lipinski definition) is 5. The third kappa shape index (κ3) is 3.16. The van der Waals surface area contributed by atoms with Gasteiger partial charge in [-0.1, -0.05) is 18.2 Å². The van der Waals surface area contributed by atoms with Gasteiger partial charge in [-0.15, -0.1) is 11.8 Å². The molecule has 0 bridgehead atoms. The number of fused-ring (bicyclic) bond motifs is 1. The quantitative estimate of drug-likeness (QED) is 0.264. The molecule has 0 saturated carbocycles. The first-order valence-electron chi connectivity index (χ1n) is 7.40. The molecule has 7 heteroatoms. The summed E-state index contributed by atoms with van der Waals surface area (Å²) in [7, 11) is 0. The number of non-ortho nitro benzene ring substituents is 1. The molecule has 6 nitrogen and oxygen atoms in total. The van der Waals surface area contributed by atoms with Crippen molar-refractivity contribution in [1.82, 2.24) is 4.90 Å². The molecule has 0 aromatic heterocycles. The third-order valence-electron chi connectivity index (χ3n) is 3.70. The molecule has 0 spiro atoms. The summed E-state index contributed by atoms with van der Waals surface area (Å²) in [4.78, 5) is 36.8. The van der Waals surface area contributed by atoms with Gasteiger partial charge in [0.2, 0.25) is 0 Å². The summed E-state index contributed by atoms with van der Waals surface area (Å²) in [5.41, 5.74) is 0.961. The van der Waals surface area contributed by atoms with E-state index >= 15 is 0 Å². The summed E-state index contributed by atoms with van der Waals surface area (Å²) in [5, 5.41) is 10.8. The summed E-state index contributed by atoms with van der Waals surface area (Å²) >= 11 is 1.47. The molecular weight excluding hydrogens is 328 g/mol. The van der Waals surface area contributed by atoms with Crippen LogP contribution in [0.4, 0.5) is 5.69 Å². The Morgan fingerprint density at radius 2 is 1.67 bits per heavy atom. The predicted molar refractivity (Wildman–Crippen MR) is 90.2 cm³/mol. The summed E-state index contributed by atoms with van der Waals surface area (Å²) in [6.45, 7) is 0.342. The number of amides is 2. The molecule has 0 fully saturated rings. The van der Waals surface area contributed by atoms with Gasteiger partial charge in [0, 0.05) is 23.6 Å². The van der Waals surface area contributed by atoms with E-state index in [1.807, 2.05) is 0 Å². The fraction of sp³-hybridized carbons (Fsp3) is 0.176. The van der Waals surface area contributed by atoms with Crippen molar-refractivity contribution >= 4 is 29.3 Å². The molecule has 1 heterocycles. The van der Waals surface area contributed by atoms with E-state index in [4.69, 9.17) is 0 Å². The highest BCUT2D eigenvalue weighted by molar-refractivity contribution is 7.99. The van der Waals surface area contributed by atoms with Crippen LogP contribution in [0.5, 0.6) is 0 Å². The maximum atomic E-state index is 12.2. The average molecular weight is 342 g/mol. The standard InChI is InChI=1S/C17H14N2O4S/c20-16-14-7-1-2-8-15(14)17(21)18(16)9-4-10-24-13-6-3-5-12(11-13)19(22)23/h1-3,5-8,11H,4,9-10H2. The number of benzene rings is 2. The molecule has 2 aromatic rings. The molecule has 0 saturated heterocycles. The van der Waals surface area contributed by atoms with E-state index in [0.717, 1.165) is 4.90 Å². The zero-order chi connectivity index (χ0) is 17.1. The van der Waals surface area contributed by atoms with E-state index in [0.29, 0.717) is 29.8 Å². The van der Waals surface area contributed by atoms with Gasteiger partial charge in [-0.05, 0) is 30.4 Å². The van der Waals surface area contributed by atoms with Crippen LogP contribution >= 0.6 is 11.8 Å². The third-order valence-corrected chi connectivity index (χ3v) is 4.78. The summed E-state index contributed by atoms with van der Waals surface area (Å²) in [6.07, 6.45) is 0.624. The molecule has 122 valence electrons. The van der Waals surface area contributed by atoms with Gasteiger partial charge in [-0.3, -0.25) is 24.6 Å². The minimum Gasteiger partial charge on any atom is -0.274 e. The number of imide groups is 1. The Morgan fingerprint density at radius 1 is 1.00 bits per heavy atom. The van der Waals surface area contributed by atoms with Crippen LogP contribution < -0.4 is 0 Å². The largest absolute Gasteiger partial charge is 0.274 e. The molecule has 0 atom stereocenters. The fourth-order valence-corrected chi connectivity index (χ4v) is 3.43. The van der Waals surface area contributed by atoms with Crippen molar-refractivity contribution in [3.63, 3.8) is 0 Å². The van der Waals surface area contributed by atoms with Gasteiger partial charge >= 0.3 is 0 Å². The zero-order valence-corrected chi connectivity index (χ0v) is 13.5. The van der Waals surface area contributed by atoms with Crippen molar-refractivity contribution in [2.45, 2.75) is 11.3 Å². The Labute approximate surface area is 142 Å². The number of carbonyl (C=O) groups is 2. The number of thioether (sulfide) groups is 1. The lowest BCUT2D eigenvalue weighted by atomic mass is 10.1. The van der Waals surface area contributed by atoms with Gasteiger partial charge in [0.25, 0.3) is 17.5 Å².